The molecule has 2 heterocycles. The number of rotatable bonds is 4. The zero-order chi connectivity index (χ0) is 17.3. The fraction of sp³-hybridized carbons (Fsp3) is 0.500. The van der Waals surface area contributed by atoms with Crippen molar-refractivity contribution in [1.82, 2.24) is 9.80 Å². The van der Waals surface area contributed by atoms with Crippen molar-refractivity contribution >= 4 is 40.7 Å². The highest BCUT2D eigenvalue weighted by Crippen LogP contribution is 2.31. The highest BCUT2D eigenvalue weighted by Gasteiger charge is 2.43. The van der Waals surface area contributed by atoms with Gasteiger partial charge >= 0.3 is 0 Å². The molecule has 2 aliphatic rings. The largest absolute Gasteiger partial charge is 0.395 e. The van der Waals surface area contributed by atoms with E-state index in [1.807, 2.05) is 4.90 Å². The smallest absolute Gasteiger partial charge is 0.251 e. The molecular formula is C16H19Cl2N3O3. The zero-order valence-electron chi connectivity index (χ0n) is 13.1. The van der Waals surface area contributed by atoms with Crippen molar-refractivity contribution in [3.8, 4) is 0 Å². The van der Waals surface area contributed by atoms with Gasteiger partial charge in [-0.15, -0.1) is 0 Å². The van der Waals surface area contributed by atoms with Gasteiger partial charge in [-0.2, -0.15) is 0 Å². The number of hydrogen-bond acceptors (Lipinski definition) is 5. The highest BCUT2D eigenvalue weighted by atomic mass is 35.5. The summed E-state index contributed by atoms with van der Waals surface area (Å²) in [5.74, 6) is -0.435. The highest BCUT2D eigenvalue weighted by molar-refractivity contribution is 6.42. The number of nitrogens with zero attached hydrogens (tertiary/aromatic N) is 3. The van der Waals surface area contributed by atoms with Crippen LogP contribution in [-0.4, -0.2) is 72.1 Å². The van der Waals surface area contributed by atoms with Gasteiger partial charge in [0.25, 0.3) is 5.91 Å². The first-order valence-corrected chi connectivity index (χ1v) is 8.66. The van der Waals surface area contributed by atoms with Crippen LogP contribution in [0.25, 0.3) is 0 Å². The molecule has 1 atom stereocenters. The molecule has 1 aromatic carbocycles. The molecule has 24 heavy (non-hydrogen) atoms. The first-order chi connectivity index (χ1) is 11.5. The molecule has 0 aliphatic carbocycles. The maximum atomic E-state index is 12.8. The molecule has 2 fully saturated rings. The van der Waals surface area contributed by atoms with Crippen LogP contribution < -0.4 is 4.90 Å². The van der Waals surface area contributed by atoms with Gasteiger partial charge in [-0.3, -0.25) is 19.4 Å². The molecule has 1 aromatic rings. The van der Waals surface area contributed by atoms with E-state index >= 15 is 0 Å². The minimum Gasteiger partial charge on any atom is -0.395 e. The third-order valence-corrected chi connectivity index (χ3v) is 5.29. The lowest BCUT2D eigenvalue weighted by Gasteiger charge is -2.36. The molecule has 0 saturated carbocycles. The van der Waals surface area contributed by atoms with Crippen molar-refractivity contribution < 1.29 is 14.7 Å². The third kappa shape index (κ3) is 3.43. The van der Waals surface area contributed by atoms with Crippen LogP contribution in [0.2, 0.25) is 10.0 Å². The lowest BCUT2D eigenvalue weighted by Crippen LogP contribution is -2.52. The summed E-state index contributed by atoms with van der Waals surface area (Å²) in [6.45, 7) is 3.75. The zero-order valence-corrected chi connectivity index (χ0v) is 14.6. The fourth-order valence-corrected chi connectivity index (χ4v) is 3.53. The molecule has 0 bridgehead atoms. The summed E-state index contributed by atoms with van der Waals surface area (Å²) in [6, 6.07) is 4.33. The number of halogens is 2. The lowest BCUT2D eigenvalue weighted by atomic mass is 10.1. The Kier molecular flexibility index (Phi) is 5.42. The average Bonchev–Trinajstić information content (AvgIpc) is 2.86. The summed E-state index contributed by atoms with van der Waals surface area (Å²) >= 11 is 11.9. The quantitative estimate of drug-likeness (QED) is 0.806. The van der Waals surface area contributed by atoms with Gasteiger partial charge < -0.3 is 5.11 Å². The predicted molar refractivity (Wildman–Crippen MR) is 92.5 cm³/mol. The number of carbonyl (C=O) groups is 2. The molecule has 3 rings (SSSR count). The van der Waals surface area contributed by atoms with Crippen LogP contribution in [0, 0.1) is 0 Å². The summed E-state index contributed by atoms with van der Waals surface area (Å²) in [5, 5.41) is 9.70. The number of piperazine rings is 1. The molecule has 0 aromatic heterocycles. The van der Waals surface area contributed by atoms with Gasteiger partial charge in [-0.1, -0.05) is 23.2 Å². The predicted octanol–water partition coefficient (Wildman–Crippen LogP) is 1.24. The van der Waals surface area contributed by atoms with Crippen molar-refractivity contribution in [3.05, 3.63) is 28.2 Å². The second-order valence-corrected chi connectivity index (χ2v) is 6.80. The molecule has 130 valence electrons. The van der Waals surface area contributed by atoms with Crippen LogP contribution in [0.5, 0.6) is 0 Å². The number of imide groups is 1. The Balaban J connectivity index is 1.71. The molecule has 0 spiro atoms. The standard InChI is InChI=1S/C16H19Cl2N3O3/c17-12-2-1-11(9-13(12)18)21-15(23)10-14(16(21)24)20-5-3-19(4-6-20)7-8-22/h1-2,9,14,22H,3-8,10H2. The molecule has 8 heteroatoms. The van der Waals surface area contributed by atoms with E-state index in [2.05, 4.69) is 4.90 Å². The van der Waals surface area contributed by atoms with Crippen molar-refractivity contribution in [3.63, 3.8) is 0 Å². The van der Waals surface area contributed by atoms with Crippen LogP contribution in [-0.2, 0) is 9.59 Å². The van der Waals surface area contributed by atoms with Crippen molar-refractivity contribution in [2.75, 3.05) is 44.2 Å². The molecule has 0 radical (unpaired) electrons. The van der Waals surface area contributed by atoms with Gasteiger partial charge in [-0.05, 0) is 18.2 Å². The van der Waals surface area contributed by atoms with Gasteiger partial charge in [0.15, 0.2) is 0 Å². The molecule has 1 N–H and O–H groups in total. The first kappa shape index (κ1) is 17.6. The molecule has 6 nitrogen and oxygen atoms in total. The lowest BCUT2D eigenvalue weighted by molar-refractivity contribution is -0.123. The maximum Gasteiger partial charge on any atom is 0.251 e. The van der Waals surface area contributed by atoms with Crippen LogP contribution in [0.15, 0.2) is 18.2 Å². The van der Waals surface area contributed by atoms with Crippen LogP contribution >= 0.6 is 23.2 Å². The second-order valence-electron chi connectivity index (χ2n) is 5.99. The number of anilines is 1. The normalized spacial score (nSPS) is 23.3. The molecule has 1 unspecified atom stereocenters. The summed E-state index contributed by atoms with van der Waals surface area (Å²) in [5.41, 5.74) is 0.459. The fourth-order valence-electron chi connectivity index (χ4n) is 3.24. The Morgan fingerprint density at radius 3 is 2.42 bits per heavy atom. The van der Waals surface area contributed by atoms with Gasteiger partial charge in [0.2, 0.25) is 5.91 Å². The SMILES string of the molecule is O=C1CC(N2CCN(CCO)CC2)C(=O)N1c1ccc(Cl)c(Cl)c1. The van der Waals surface area contributed by atoms with Gasteiger partial charge in [0.05, 0.1) is 34.8 Å². The third-order valence-electron chi connectivity index (χ3n) is 4.55. The summed E-state index contributed by atoms with van der Waals surface area (Å²) in [6.07, 6.45) is 0.180. The summed E-state index contributed by atoms with van der Waals surface area (Å²) < 4.78 is 0. The Morgan fingerprint density at radius 2 is 1.79 bits per heavy atom. The van der Waals surface area contributed by atoms with E-state index in [9.17, 15) is 9.59 Å². The average molecular weight is 372 g/mol. The minimum atomic E-state index is -0.428. The van der Waals surface area contributed by atoms with E-state index in [1.54, 1.807) is 18.2 Å². The number of β-amino-alcohol motifs (C(OH)–C–C–N with tert-alkyl or cyclic N) is 1. The second kappa shape index (κ2) is 7.37. The first-order valence-electron chi connectivity index (χ1n) is 7.90. The van der Waals surface area contributed by atoms with E-state index < -0.39 is 6.04 Å². The topological polar surface area (TPSA) is 64.1 Å². The minimum absolute atomic E-state index is 0.131. The Hall–Kier alpha value is -1.18. The van der Waals surface area contributed by atoms with Crippen LogP contribution in [0.4, 0.5) is 5.69 Å². The number of amides is 2. The molecule has 2 aliphatic heterocycles. The van der Waals surface area contributed by atoms with Crippen LogP contribution in [0.3, 0.4) is 0 Å². The summed E-state index contributed by atoms with van der Waals surface area (Å²) in [4.78, 5) is 30.5. The molecular weight excluding hydrogens is 353 g/mol. The number of aliphatic hydroxyl groups excluding tert-OH is 1. The maximum absolute atomic E-state index is 12.8. The van der Waals surface area contributed by atoms with Crippen molar-refractivity contribution in [1.29, 1.82) is 0 Å². The Morgan fingerprint density at radius 1 is 1.08 bits per heavy atom. The number of benzene rings is 1. The van der Waals surface area contributed by atoms with Gasteiger partial charge in [-0.25, -0.2) is 4.90 Å². The Bertz CT molecular complexity index is 647. The van der Waals surface area contributed by atoms with E-state index in [-0.39, 0.29) is 24.8 Å². The van der Waals surface area contributed by atoms with Crippen molar-refractivity contribution in [2.24, 2.45) is 0 Å². The van der Waals surface area contributed by atoms with E-state index in [4.69, 9.17) is 28.3 Å². The van der Waals surface area contributed by atoms with Crippen LogP contribution in [0.1, 0.15) is 6.42 Å². The monoisotopic (exact) mass is 371 g/mol. The van der Waals surface area contributed by atoms with Gasteiger partial charge in [0.1, 0.15) is 0 Å². The van der Waals surface area contributed by atoms with E-state index in [0.29, 0.717) is 35.4 Å². The van der Waals surface area contributed by atoms with E-state index in [1.165, 1.54) is 4.90 Å². The number of aliphatic hydroxyl groups is 1. The number of hydrogen-bond donors (Lipinski definition) is 1. The van der Waals surface area contributed by atoms with E-state index in [0.717, 1.165) is 13.1 Å². The summed E-state index contributed by atoms with van der Waals surface area (Å²) in [7, 11) is 0. The van der Waals surface area contributed by atoms with Gasteiger partial charge in [0, 0.05) is 32.7 Å². The Labute approximate surface area is 150 Å². The molecule has 2 amide bonds. The van der Waals surface area contributed by atoms with Crippen molar-refractivity contribution in [2.45, 2.75) is 12.5 Å². The molecule has 2 saturated heterocycles. The number of carbonyl (C=O) groups excluding carboxylic acids is 2.